The minimum atomic E-state index is 0.00278. The molecule has 0 saturated carbocycles. The van der Waals surface area contributed by atoms with Gasteiger partial charge in [0.2, 0.25) is 0 Å². The number of ether oxygens (including phenoxy) is 3. The minimum absolute atomic E-state index is 0.00278. The summed E-state index contributed by atoms with van der Waals surface area (Å²) in [6, 6.07) is 0.455. The normalized spacial score (nSPS) is 34.0. The van der Waals surface area contributed by atoms with Crippen LogP contribution in [0, 0.1) is 5.92 Å². The lowest BCUT2D eigenvalue weighted by Crippen LogP contribution is -2.49. The second kappa shape index (κ2) is 6.85. The first-order chi connectivity index (χ1) is 8.79. The first kappa shape index (κ1) is 14.3. The van der Waals surface area contributed by atoms with E-state index in [-0.39, 0.29) is 5.60 Å². The smallest absolute Gasteiger partial charge is 0.0939 e. The van der Waals surface area contributed by atoms with E-state index in [9.17, 15) is 0 Å². The third-order valence-corrected chi connectivity index (χ3v) is 4.17. The van der Waals surface area contributed by atoms with Crippen LogP contribution in [-0.2, 0) is 14.2 Å². The largest absolute Gasteiger partial charge is 0.383 e. The Morgan fingerprint density at radius 2 is 2.33 bits per heavy atom. The van der Waals surface area contributed by atoms with Gasteiger partial charge in [-0.05, 0) is 31.7 Å². The predicted octanol–water partition coefficient (Wildman–Crippen LogP) is 1.59. The third kappa shape index (κ3) is 3.44. The summed E-state index contributed by atoms with van der Waals surface area (Å²) in [6.07, 6.45) is 4.46. The first-order valence-electron chi connectivity index (χ1n) is 7.24. The second-order valence-corrected chi connectivity index (χ2v) is 5.60. The molecule has 0 amide bonds. The van der Waals surface area contributed by atoms with Crippen LogP contribution in [0.3, 0.4) is 0 Å². The maximum absolute atomic E-state index is 6.00. The van der Waals surface area contributed by atoms with Crippen molar-refractivity contribution in [3.05, 3.63) is 0 Å². The molecular weight excluding hydrogens is 230 g/mol. The summed E-state index contributed by atoms with van der Waals surface area (Å²) in [5.41, 5.74) is 0.00278. The first-order valence-corrected chi connectivity index (χ1v) is 7.24. The van der Waals surface area contributed by atoms with Gasteiger partial charge in [0, 0.05) is 32.8 Å². The fourth-order valence-corrected chi connectivity index (χ4v) is 3.14. The summed E-state index contributed by atoms with van der Waals surface area (Å²) < 4.78 is 16.9. The Kier molecular flexibility index (Phi) is 5.42. The molecule has 1 N–H and O–H groups in total. The Hall–Kier alpha value is -0.160. The van der Waals surface area contributed by atoms with Gasteiger partial charge in [0.1, 0.15) is 0 Å². The van der Waals surface area contributed by atoms with E-state index in [0.29, 0.717) is 12.0 Å². The van der Waals surface area contributed by atoms with Gasteiger partial charge in [0.05, 0.1) is 18.8 Å². The van der Waals surface area contributed by atoms with Crippen LogP contribution in [0.4, 0.5) is 0 Å². The van der Waals surface area contributed by atoms with Crippen molar-refractivity contribution in [2.24, 2.45) is 5.92 Å². The summed E-state index contributed by atoms with van der Waals surface area (Å²) in [5.74, 6) is 0.645. The molecule has 0 radical (unpaired) electrons. The zero-order chi connectivity index (χ0) is 12.8. The van der Waals surface area contributed by atoms with Gasteiger partial charge in [0.25, 0.3) is 0 Å². The molecule has 0 bridgehead atoms. The standard InChI is InChI=1S/C14H27NO3/c1-3-6-15-13(10-16-2)12-4-7-18-14(9-12)5-8-17-11-14/h12-13,15H,3-11H2,1-2H3. The topological polar surface area (TPSA) is 39.7 Å². The third-order valence-electron chi connectivity index (χ3n) is 4.17. The molecule has 2 fully saturated rings. The van der Waals surface area contributed by atoms with Crippen molar-refractivity contribution >= 4 is 0 Å². The molecule has 106 valence electrons. The summed E-state index contributed by atoms with van der Waals surface area (Å²) >= 11 is 0. The number of hydrogen-bond acceptors (Lipinski definition) is 4. The highest BCUT2D eigenvalue weighted by molar-refractivity contribution is 4.93. The van der Waals surface area contributed by atoms with Crippen molar-refractivity contribution in [2.45, 2.75) is 44.2 Å². The van der Waals surface area contributed by atoms with E-state index in [4.69, 9.17) is 14.2 Å². The van der Waals surface area contributed by atoms with Crippen LogP contribution < -0.4 is 5.32 Å². The van der Waals surface area contributed by atoms with E-state index in [0.717, 1.165) is 58.7 Å². The monoisotopic (exact) mass is 257 g/mol. The van der Waals surface area contributed by atoms with Crippen LogP contribution in [0.25, 0.3) is 0 Å². The number of rotatable bonds is 6. The SMILES string of the molecule is CCCNC(COC)C1CCOC2(CCOC2)C1. The molecule has 2 heterocycles. The Morgan fingerprint density at radius 1 is 1.44 bits per heavy atom. The lowest BCUT2D eigenvalue weighted by atomic mass is 9.81. The van der Waals surface area contributed by atoms with Crippen LogP contribution >= 0.6 is 0 Å². The number of nitrogens with one attached hydrogen (secondary N) is 1. The summed E-state index contributed by atoms with van der Waals surface area (Å²) in [6.45, 7) is 6.55. The van der Waals surface area contributed by atoms with Crippen LogP contribution in [0.15, 0.2) is 0 Å². The van der Waals surface area contributed by atoms with Crippen molar-refractivity contribution in [3.63, 3.8) is 0 Å². The Labute approximate surface area is 110 Å². The average molecular weight is 257 g/mol. The molecule has 2 aliphatic heterocycles. The zero-order valence-corrected chi connectivity index (χ0v) is 11.7. The maximum atomic E-state index is 6.00. The Bertz CT molecular complexity index is 241. The average Bonchev–Trinajstić information content (AvgIpc) is 2.82. The van der Waals surface area contributed by atoms with Gasteiger partial charge in [-0.25, -0.2) is 0 Å². The van der Waals surface area contributed by atoms with Gasteiger partial charge in [0.15, 0.2) is 0 Å². The van der Waals surface area contributed by atoms with Gasteiger partial charge < -0.3 is 19.5 Å². The van der Waals surface area contributed by atoms with Crippen molar-refractivity contribution in [1.82, 2.24) is 5.32 Å². The van der Waals surface area contributed by atoms with E-state index in [1.54, 1.807) is 7.11 Å². The second-order valence-electron chi connectivity index (χ2n) is 5.60. The zero-order valence-electron chi connectivity index (χ0n) is 11.7. The highest BCUT2D eigenvalue weighted by Gasteiger charge is 2.42. The fourth-order valence-electron chi connectivity index (χ4n) is 3.14. The molecule has 4 heteroatoms. The summed E-state index contributed by atoms with van der Waals surface area (Å²) in [5, 5.41) is 3.63. The summed E-state index contributed by atoms with van der Waals surface area (Å²) in [4.78, 5) is 0. The van der Waals surface area contributed by atoms with Crippen LogP contribution in [0.2, 0.25) is 0 Å². The van der Waals surface area contributed by atoms with E-state index in [1.165, 1.54) is 0 Å². The minimum Gasteiger partial charge on any atom is -0.383 e. The predicted molar refractivity (Wildman–Crippen MR) is 70.8 cm³/mol. The van der Waals surface area contributed by atoms with Gasteiger partial charge in [-0.1, -0.05) is 6.92 Å². The van der Waals surface area contributed by atoms with Crippen LogP contribution in [0.5, 0.6) is 0 Å². The number of hydrogen-bond donors (Lipinski definition) is 1. The molecule has 3 atom stereocenters. The number of methoxy groups -OCH3 is 1. The molecule has 1 spiro atoms. The molecule has 2 aliphatic rings. The van der Waals surface area contributed by atoms with Gasteiger partial charge in [-0.15, -0.1) is 0 Å². The van der Waals surface area contributed by atoms with Crippen molar-refractivity contribution in [1.29, 1.82) is 0 Å². The molecule has 2 rings (SSSR count). The molecule has 0 aromatic carbocycles. The van der Waals surface area contributed by atoms with Crippen molar-refractivity contribution in [3.8, 4) is 0 Å². The Morgan fingerprint density at radius 3 is 3.00 bits per heavy atom. The fraction of sp³-hybridized carbons (Fsp3) is 1.00. The lowest BCUT2D eigenvalue weighted by Gasteiger charge is -2.40. The quantitative estimate of drug-likeness (QED) is 0.784. The molecule has 0 aromatic heterocycles. The Balaban J connectivity index is 1.91. The van der Waals surface area contributed by atoms with Crippen LogP contribution in [0.1, 0.15) is 32.6 Å². The molecule has 3 unspecified atom stereocenters. The molecular formula is C14H27NO3. The van der Waals surface area contributed by atoms with Crippen molar-refractivity contribution < 1.29 is 14.2 Å². The highest BCUT2D eigenvalue weighted by atomic mass is 16.6. The molecule has 18 heavy (non-hydrogen) atoms. The maximum Gasteiger partial charge on any atom is 0.0939 e. The lowest BCUT2D eigenvalue weighted by molar-refractivity contribution is -0.105. The molecule has 0 aliphatic carbocycles. The van der Waals surface area contributed by atoms with Crippen molar-refractivity contribution in [2.75, 3.05) is 40.1 Å². The molecule has 4 nitrogen and oxygen atoms in total. The van der Waals surface area contributed by atoms with Gasteiger partial charge in [-0.2, -0.15) is 0 Å². The highest BCUT2D eigenvalue weighted by Crippen LogP contribution is 2.37. The molecule has 0 aromatic rings. The molecule has 2 saturated heterocycles. The van der Waals surface area contributed by atoms with Gasteiger partial charge in [-0.3, -0.25) is 0 Å². The van der Waals surface area contributed by atoms with E-state index < -0.39 is 0 Å². The van der Waals surface area contributed by atoms with Crippen LogP contribution in [-0.4, -0.2) is 51.7 Å². The van der Waals surface area contributed by atoms with E-state index in [1.807, 2.05) is 0 Å². The van der Waals surface area contributed by atoms with E-state index in [2.05, 4.69) is 12.2 Å². The van der Waals surface area contributed by atoms with Gasteiger partial charge >= 0.3 is 0 Å². The summed E-state index contributed by atoms with van der Waals surface area (Å²) in [7, 11) is 1.79. The van der Waals surface area contributed by atoms with E-state index >= 15 is 0 Å².